The molecule has 5 nitrogen and oxygen atoms in total. The summed E-state index contributed by atoms with van der Waals surface area (Å²) >= 11 is 0. The Hall–Kier alpha value is -2.30. The average molecular weight is 234 g/mol. The minimum absolute atomic E-state index is 0.150. The lowest BCUT2D eigenvalue weighted by Gasteiger charge is -2.08. The Bertz CT molecular complexity index is 452. The number of carbonyl (C=O) groups excluding carboxylic acids is 1. The third-order valence-electron chi connectivity index (χ3n) is 2.03. The highest BCUT2D eigenvalue weighted by atomic mass is 16.5. The van der Waals surface area contributed by atoms with Crippen molar-refractivity contribution in [2.24, 2.45) is 5.73 Å². The first-order valence-electron chi connectivity index (χ1n) is 5.08. The van der Waals surface area contributed by atoms with E-state index in [4.69, 9.17) is 15.9 Å². The molecular formula is C12H14N2O3. The maximum Gasteiger partial charge on any atom is 0.345 e. The lowest BCUT2D eigenvalue weighted by molar-refractivity contribution is -0.137. The van der Waals surface area contributed by atoms with Gasteiger partial charge in [-0.25, -0.2) is 4.79 Å². The Kier molecular flexibility index (Phi) is 4.28. The first-order chi connectivity index (χ1) is 8.07. The second kappa shape index (κ2) is 5.69. The highest BCUT2D eigenvalue weighted by Crippen LogP contribution is 2.16. The van der Waals surface area contributed by atoms with Crippen LogP contribution in [0.15, 0.2) is 35.9 Å². The summed E-state index contributed by atoms with van der Waals surface area (Å²) in [6, 6.07) is 8.40. The molecule has 0 saturated carbocycles. The molecule has 0 aliphatic rings. The molecule has 0 heterocycles. The molecule has 0 aliphatic heterocycles. The molecule has 0 radical (unpaired) electrons. The number of ether oxygens (including phenoxy) is 1. The van der Waals surface area contributed by atoms with Crippen molar-refractivity contribution in [1.29, 1.82) is 5.41 Å². The predicted octanol–water partition coefficient (Wildman–Crippen LogP) is 1.45. The van der Waals surface area contributed by atoms with Gasteiger partial charge in [-0.1, -0.05) is 30.3 Å². The fourth-order valence-corrected chi connectivity index (χ4v) is 1.28. The zero-order valence-electron chi connectivity index (χ0n) is 9.43. The zero-order chi connectivity index (χ0) is 12.8. The van der Waals surface area contributed by atoms with Gasteiger partial charge in [-0.3, -0.25) is 5.41 Å². The number of hydrogen-bond acceptors (Lipinski definition) is 4. The van der Waals surface area contributed by atoms with Crippen LogP contribution in [0, 0.1) is 5.41 Å². The van der Waals surface area contributed by atoms with Crippen LogP contribution in [0.25, 0.3) is 5.76 Å². The van der Waals surface area contributed by atoms with Crippen molar-refractivity contribution in [2.75, 3.05) is 6.61 Å². The Morgan fingerprint density at radius 3 is 2.47 bits per heavy atom. The van der Waals surface area contributed by atoms with E-state index in [0.29, 0.717) is 5.56 Å². The minimum atomic E-state index is -0.804. The SMILES string of the molecule is CCOC(=O)/C(C(=N)N)=C(/O)c1ccccc1. The average Bonchev–Trinajstić information content (AvgIpc) is 2.30. The number of nitrogens with two attached hydrogens (primary N) is 1. The number of amidine groups is 1. The van der Waals surface area contributed by atoms with Crippen molar-refractivity contribution in [1.82, 2.24) is 0 Å². The number of aliphatic hydroxyl groups is 1. The number of esters is 1. The smallest absolute Gasteiger partial charge is 0.345 e. The van der Waals surface area contributed by atoms with Crippen LogP contribution >= 0.6 is 0 Å². The molecule has 0 amide bonds. The van der Waals surface area contributed by atoms with Gasteiger partial charge in [-0.15, -0.1) is 0 Å². The Labute approximate surface area is 99.0 Å². The van der Waals surface area contributed by atoms with Gasteiger partial charge in [0.05, 0.1) is 6.61 Å². The van der Waals surface area contributed by atoms with Crippen LogP contribution in [0.4, 0.5) is 0 Å². The lowest BCUT2D eigenvalue weighted by Crippen LogP contribution is -2.23. The quantitative estimate of drug-likeness (QED) is 0.241. The van der Waals surface area contributed by atoms with Gasteiger partial charge in [-0.05, 0) is 6.92 Å². The Morgan fingerprint density at radius 2 is 2.00 bits per heavy atom. The van der Waals surface area contributed by atoms with Crippen LogP contribution in [0.3, 0.4) is 0 Å². The van der Waals surface area contributed by atoms with E-state index in [-0.39, 0.29) is 17.9 Å². The number of rotatable bonds is 4. The molecule has 1 aromatic carbocycles. The maximum absolute atomic E-state index is 11.5. The summed E-state index contributed by atoms with van der Waals surface area (Å²) < 4.78 is 4.73. The highest BCUT2D eigenvalue weighted by molar-refractivity contribution is 6.21. The van der Waals surface area contributed by atoms with Gasteiger partial charge < -0.3 is 15.6 Å². The van der Waals surface area contributed by atoms with Gasteiger partial charge >= 0.3 is 5.97 Å². The fourth-order valence-electron chi connectivity index (χ4n) is 1.28. The van der Waals surface area contributed by atoms with E-state index < -0.39 is 11.8 Å². The van der Waals surface area contributed by atoms with Gasteiger partial charge in [0.25, 0.3) is 0 Å². The van der Waals surface area contributed by atoms with E-state index in [1.54, 1.807) is 37.3 Å². The molecule has 0 atom stereocenters. The van der Waals surface area contributed by atoms with E-state index in [1.807, 2.05) is 0 Å². The molecule has 1 aromatic rings. The van der Waals surface area contributed by atoms with Gasteiger partial charge in [0.15, 0.2) is 0 Å². The molecule has 0 saturated heterocycles. The molecule has 0 aromatic heterocycles. The van der Waals surface area contributed by atoms with Gasteiger partial charge in [0.2, 0.25) is 0 Å². The minimum Gasteiger partial charge on any atom is -0.506 e. The van der Waals surface area contributed by atoms with Crippen molar-refractivity contribution >= 4 is 17.6 Å². The third-order valence-corrected chi connectivity index (χ3v) is 2.03. The Morgan fingerprint density at radius 1 is 1.41 bits per heavy atom. The molecule has 0 unspecified atom stereocenters. The van der Waals surface area contributed by atoms with Crippen molar-refractivity contribution in [3.63, 3.8) is 0 Å². The zero-order valence-corrected chi connectivity index (χ0v) is 9.43. The van der Waals surface area contributed by atoms with E-state index >= 15 is 0 Å². The van der Waals surface area contributed by atoms with Crippen molar-refractivity contribution in [2.45, 2.75) is 6.92 Å². The largest absolute Gasteiger partial charge is 0.506 e. The number of benzene rings is 1. The van der Waals surface area contributed by atoms with Gasteiger partial charge in [0.1, 0.15) is 17.2 Å². The number of nitrogens with one attached hydrogen (secondary N) is 1. The molecular weight excluding hydrogens is 220 g/mol. The number of hydrogen-bond donors (Lipinski definition) is 3. The summed E-state index contributed by atoms with van der Waals surface area (Å²) in [5.74, 6) is -1.68. The van der Waals surface area contributed by atoms with Crippen LogP contribution in [-0.4, -0.2) is 23.5 Å². The fraction of sp³-hybridized carbons (Fsp3) is 0.167. The van der Waals surface area contributed by atoms with Crippen LogP contribution in [0.2, 0.25) is 0 Å². The molecule has 1 rings (SSSR count). The first-order valence-corrected chi connectivity index (χ1v) is 5.08. The second-order valence-corrected chi connectivity index (χ2v) is 3.22. The van der Waals surface area contributed by atoms with E-state index in [9.17, 15) is 9.90 Å². The van der Waals surface area contributed by atoms with E-state index in [2.05, 4.69) is 0 Å². The van der Waals surface area contributed by atoms with Crippen LogP contribution < -0.4 is 5.73 Å². The number of aliphatic hydroxyl groups excluding tert-OH is 1. The highest BCUT2D eigenvalue weighted by Gasteiger charge is 2.20. The van der Waals surface area contributed by atoms with E-state index in [1.165, 1.54) is 0 Å². The molecule has 17 heavy (non-hydrogen) atoms. The Balaban J connectivity index is 3.21. The summed E-state index contributed by atoms with van der Waals surface area (Å²) in [6.45, 7) is 1.78. The van der Waals surface area contributed by atoms with Crippen molar-refractivity contribution in [3.8, 4) is 0 Å². The van der Waals surface area contributed by atoms with Crippen LogP contribution in [0.5, 0.6) is 0 Å². The molecule has 0 spiro atoms. The molecule has 90 valence electrons. The lowest BCUT2D eigenvalue weighted by atomic mass is 10.1. The summed E-state index contributed by atoms with van der Waals surface area (Å²) in [4.78, 5) is 11.5. The predicted molar refractivity (Wildman–Crippen MR) is 64.5 cm³/mol. The van der Waals surface area contributed by atoms with Crippen molar-refractivity contribution in [3.05, 3.63) is 41.5 Å². The topological polar surface area (TPSA) is 96.4 Å². The summed E-state index contributed by atoms with van der Waals surface area (Å²) in [7, 11) is 0. The van der Waals surface area contributed by atoms with E-state index in [0.717, 1.165) is 0 Å². The summed E-state index contributed by atoms with van der Waals surface area (Å²) in [5, 5.41) is 17.2. The number of carbonyl (C=O) groups is 1. The van der Waals surface area contributed by atoms with Crippen LogP contribution in [0.1, 0.15) is 12.5 Å². The second-order valence-electron chi connectivity index (χ2n) is 3.22. The molecule has 4 N–H and O–H groups in total. The van der Waals surface area contributed by atoms with Gasteiger partial charge in [0, 0.05) is 5.56 Å². The molecule has 0 bridgehead atoms. The normalized spacial score (nSPS) is 11.6. The maximum atomic E-state index is 11.5. The van der Waals surface area contributed by atoms with Crippen molar-refractivity contribution < 1.29 is 14.6 Å². The molecule has 5 heteroatoms. The summed E-state index contributed by atoms with van der Waals surface area (Å²) in [5.41, 5.74) is 5.36. The third kappa shape index (κ3) is 3.07. The standard InChI is InChI=1S/C12H14N2O3/c1-2-17-12(16)9(11(13)14)10(15)8-6-4-3-5-7-8/h3-7,15H,2H2,1H3,(H3,13,14)/b10-9+. The molecule has 0 aliphatic carbocycles. The van der Waals surface area contributed by atoms with Gasteiger partial charge in [-0.2, -0.15) is 0 Å². The first kappa shape index (κ1) is 12.8. The monoisotopic (exact) mass is 234 g/mol. The molecule has 0 fully saturated rings. The summed E-state index contributed by atoms with van der Waals surface area (Å²) in [6.07, 6.45) is 0. The van der Waals surface area contributed by atoms with Crippen LogP contribution in [-0.2, 0) is 9.53 Å².